The quantitative estimate of drug-likeness (QED) is 0.678. The van der Waals surface area contributed by atoms with Gasteiger partial charge in [-0.3, -0.25) is 19.4 Å². The van der Waals surface area contributed by atoms with E-state index in [1.807, 2.05) is 46.7 Å². The van der Waals surface area contributed by atoms with Crippen LogP contribution in [-0.4, -0.2) is 78.1 Å². The molecular weight excluding hydrogens is 402 g/mol. The van der Waals surface area contributed by atoms with Crippen LogP contribution in [0.3, 0.4) is 0 Å². The molecule has 1 aromatic carbocycles. The molecule has 0 atom stereocenters. The van der Waals surface area contributed by atoms with Crippen molar-refractivity contribution in [2.45, 2.75) is 6.54 Å². The average Bonchev–Trinajstić information content (AvgIpc) is 3.37. The number of ether oxygens (including phenoxy) is 1. The molecule has 30 heavy (non-hydrogen) atoms. The Kier molecular flexibility index (Phi) is 6.17. The molecule has 0 radical (unpaired) electrons. The summed E-state index contributed by atoms with van der Waals surface area (Å²) >= 11 is 1.47. The molecule has 4 rings (SSSR count). The van der Waals surface area contributed by atoms with Crippen molar-refractivity contribution in [2.24, 2.45) is 0 Å². The first kappa shape index (κ1) is 20.6. The number of rotatable bonds is 7. The number of para-hydroxylation sites is 1. The molecule has 7 nitrogen and oxygen atoms in total. The van der Waals surface area contributed by atoms with Gasteiger partial charge in [0.25, 0.3) is 11.8 Å². The summed E-state index contributed by atoms with van der Waals surface area (Å²) in [7, 11) is 1.58. The maximum absolute atomic E-state index is 13.4. The number of aliphatic hydroxyl groups excluding tert-OH is 1. The Labute approximate surface area is 179 Å². The number of nitrogens with zero attached hydrogens (tertiary/aromatic N) is 3. The third kappa shape index (κ3) is 3.86. The van der Waals surface area contributed by atoms with Gasteiger partial charge in [0.2, 0.25) is 0 Å². The zero-order valence-electron chi connectivity index (χ0n) is 16.9. The number of hydrogen-bond donors (Lipinski definition) is 1. The molecule has 2 aliphatic heterocycles. The zero-order chi connectivity index (χ0) is 21.1. The second-order valence-electron chi connectivity index (χ2n) is 7.26. The minimum absolute atomic E-state index is 0.118. The van der Waals surface area contributed by atoms with E-state index in [0.717, 1.165) is 23.5 Å². The summed E-state index contributed by atoms with van der Waals surface area (Å²) in [5.41, 5.74) is 1.77. The Morgan fingerprint density at radius 2 is 1.80 bits per heavy atom. The van der Waals surface area contributed by atoms with E-state index in [9.17, 15) is 14.7 Å². The predicted octanol–water partition coefficient (Wildman–Crippen LogP) is 1.65. The molecule has 2 aliphatic rings. The average molecular weight is 428 g/mol. The lowest BCUT2D eigenvalue weighted by Gasteiger charge is -2.36. The van der Waals surface area contributed by atoms with Crippen LogP contribution >= 0.6 is 11.3 Å². The number of piperazine rings is 1. The van der Waals surface area contributed by atoms with Gasteiger partial charge in [-0.15, -0.1) is 11.3 Å². The van der Waals surface area contributed by atoms with Crippen LogP contribution < -0.4 is 4.74 Å². The number of β-amino-alcohol motifs (C(OH)–C–C–N with tert-alkyl or cyclic N) is 1. The third-order valence-corrected chi connectivity index (χ3v) is 6.42. The molecule has 1 aromatic heterocycles. The molecule has 0 saturated carbocycles. The van der Waals surface area contributed by atoms with Crippen LogP contribution in [-0.2, 0) is 16.1 Å². The first-order valence-corrected chi connectivity index (χ1v) is 10.9. The number of benzene rings is 1. The standard InChI is InChI=1S/C22H25N3O4S/c1-29-17-6-3-2-5-16(17)15-25-21(27)19(18-7-4-14-30-18)20(22(25)28)24-10-8-23(9-11-24)12-13-26/h2-7,14,26H,8-13,15H2,1H3. The summed E-state index contributed by atoms with van der Waals surface area (Å²) in [5, 5.41) is 11.1. The second kappa shape index (κ2) is 8.99. The van der Waals surface area contributed by atoms with E-state index in [0.29, 0.717) is 36.7 Å². The van der Waals surface area contributed by atoms with Gasteiger partial charge < -0.3 is 14.7 Å². The van der Waals surface area contributed by atoms with Crippen molar-refractivity contribution in [2.75, 3.05) is 46.4 Å². The molecule has 2 amide bonds. The van der Waals surface area contributed by atoms with E-state index in [1.54, 1.807) is 7.11 Å². The first-order valence-electron chi connectivity index (χ1n) is 9.98. The highest BCUT2D eigenvalue weighted by Gasteiger charge is 2.42. The number of carbonyl (C=O) groups excluding carboxylic acids is 2. The summed E-state index contributed by atoms with van der Waals surface area (Å²) in [6, 6.07) is 11.2. The monoisotopic (exact) mass is 427 g/mol. The van der Waals surface area contributed by atoms with E-state index < -0.39 is 0 Å². The van der Waals surface area contributed by atoms with Gasteiger partial charge in [0, 0.05) is 43.2 Å². The van der Waals surface area contributed by atoms with Crippen molar-refractivity contribution < 1.29 is 19.4 Å². The molecule has 2 aromatic rings. The molecule has 158 valence electrons. The Hall–Kier alpha value is -2.68. The second-order valence-corrected chi connectivity index (χ2v) is 8.21. The highest BCUT2D eigenvalue weighted by atomic mass is 32.1. The van der Waals surface area contributed by atoms with Crippen molar-refractivity contribution in [3.63, 3.8) is 0 Å². The predicted molar refractivity (Wildman–Crippen MR) is 115 cm³/mol. The van der Waals surface area contributed by atoms with Gasteiger partial charge in [-0.05, 0) is 17.5 Å². The smallest absolute Gasteiger partial charge is 0.278 e. The van der Waals surface area contributed by atoms with Crippen LogP contribution in [0.1, 0.15) is 10.4 Å². The molecule has 8 heteroatoms. The van der Waals surface area contributed by atoms with E-state index in [1.165, 1.54) is 16.2 Å². The number of carbonyl (C=O) groups is 2. The van der Waals surface area contributed by atoms with Crippen molar-refractivity contribution in [1.82, 2.24) is 14.7 Å². The number of imide groups is 1. The highest BCUT2D eigenvalue weighted by molar-refractivity contribution is 7.11. The summed E-state index contributed by atoms with van der Waals surface area (Å²) in [5.74, 6) is 0.132. The highest BCUT2D eigenvalue weighted by Crippen LogP contribution is 2.35. The summed E-state index contributed by atoms with van der Waals surface area (Å²) in [6.07, 6.45) is 0. The van der Waals surface area contributed by atoms with Gasteiger partial charge in [0.1, 0.15) is 11.4 Å². The van der Waals surface area contributed by atoms with Gasteiger partial charge in [0.15, 0.2) is 0 Å². The SMILES string of the molecule is COc1ccccc1CN1C(=O)C(c2cccs2)=C(N2CCN(CCO)CC2)C1=O. The molecule has 0 unspecified atom stereocenters. The molecule has 1 fully saturated rings. The Bertz CT molecular complexity index is 949. The van der Waals surface area contributed by atoms with Gasteiger partial charge in [-0.1, -0.05) is 24.3 Å². The lowest BCUT2D eigenvalue weighted by Crippen LogP contribution is -2.48. The topological polar surface area (TPSA) is 73.3 Å². The lowest BCUT2D eigenvalue weighted by atomic mass is 10.1. The van der Waals surface area contributed by atoms with Gasteiger partial charge in [-0.2, -0.15) is 0 Å². The third-order valence-electron chi connectivity index (χ3n) is 5.54. The lowest BCUT2D eigenvalue weighted by molar-refractivity contribution is -0.138. The van der Waals surface area contributed by atoms with E-state index in [4.69, 9.17) is 4.74 Å². The maximum Gasteiger partial charge on any atom is 0.278 e. The van der Waals surface area contributed by atoms with Crippen LogP contribution in [0.25, 0.3) is 5.57 Å². The Morgan fingerprint density at radius 1 is 1.03 bits per heavy atom. The summed E-state index contributed by atoms with van der Waals surface area (Å²) < 4.78 is 5.41. The molecule has 0 spiro atoms. The van der Waals surface area contributed by atoms with Crippen LogP contribution in [0.2, 0.25) is 0 Å². The zero-order valence-corrected chi connectivity index (χ0v) is 17.7. The van der Waals surface area contributed by atoms with Crippen molar-refractivity contribution in [3.05, 3.63) is 57.9 Å². The van der Waals surface area contributed by atoms with E-state index >= 15 is 0 Å². The number of methoxy groups -OCH3 is 1. The van der Waals surface area contributed by atoms with Crippen LogP contribution in [0.15, 0.2) is 47.5 Å². The van der Waals surface area contributed by atoms with Gasteiger partial charge in [0.05, 0.1) is 25.8 Å². The fourth-order valence-electron chi connectivity index (χ4n) is 3.98. The van der Waals surface area contributed by atoms with Crippen LogP contribution in [0.4, 0.5) is 0 Å². The molecule has 1 N–H and O–H groups in total. The molecule has 3 heterocycles. The molecule has 0 bridgehead atoms. The number of hydrogen-bond acceptors (Lipinski definition) is 7. The summed E-state index contributed by atoms with van der Waals surface area (Å²) in [6.45, 7) is 3.69. The van der Waals surface area contributed by atoms with Crippen LogP contribution in [0, 0.1) is 0 Å². The van der Waals surface area contributed by atoms with Gasteiger partial charge >= 0.3 is 0 Å². The van der Waals surface area contributed by atoms with E-state index in [-0.39, 0.29) is 25.0 Å². The van der Waals surface area contributed by atoms with E-state index in [2.05, 4.69) is 4.90 Å². The normalized spacial score (nSPS) is 17.9. The molecule has 1 saturated heterocycles. The fourth-order valence-corrected chi connectivity index (χ4v) is 4.75. The minimum atomic E-state index is -0.263. The molecular formula is C22H25N3O4S. The number of amides is 2. The fraction of sp³-hybridized carbons (Fsp3) is 0.364. The Morgan fingerprint density at radius 3 is 2.47 bits per heavy atom. The number of aliphatic hydroxyl groups is 1. The van der Waals surface area contributed by atoms with Crippen molar-refractivity contribution in [1.29, 1.82) is 0 Å². The summed E-state index contributed by atoms with van der Waals surface area (Å²) in [4.78, 5) is 33.1. The molecule has 0 aliphatic carbocycles. The van der Waals surface area contributed by atoms with Crippen molar-refractivity contribution >= 4 is 28.7 Å². The minimum Gasteiger partial charge on any atom is -0.496 e. The van der Waals surface area contributed by atoms with Crippen molar-refractivity contribution in [3.8, 4) is 5.75 Å². The van der Waals surface area contributed by atoms with Gasteiger partial charge in [-0.25, -0.2) is 0 Å². The largest absolute Gasteiger partial charge is 0.496 e. The maximum atomic E-state index is 13.4. The number of thiophene rings is 1. The Balaban J connectivity index is 1.64. The first-order chi connectivity index (χ1) is 14.6. The van der Waals surface area contributed by atoms with Crippen LogP contribution in [0.5, 0.6) is 5.75 Å².